The zero-order valence-electron chi connectivity index (χ0n) is 17.3. The number of hydrogen-bond acceptors (Lipinski definition) is 7. The van der Waals surface area contributed by atoms with E-state index in [0.29, 0.717) is 22.6 Å². The number of benzene rings is 2. The van der Waals surface area contributed by atoms with Crippen LogP contribution in [0.25, 0.3) is 22.8 Å². The van der Waals surface area contributed by atoms with Gasteiger partial charge in [-0.05, 0) is 42.8 Å². The molecule has 0 unspecified atom stereocenters. The topological polar surface area (TPSA) is 78.9 Å². The van der Waals surface area contributed by atoms with Gasteiger partial charge in [0.1, 0.15) is 5.75 Å². The highest BCUT2D eigenvalue weighted by Gasteiger charge is 2.17. The van der Waals surface area contributed by atoms with Crippen molar-refractivity contribution in [3.05, 3.63) is 59.4 Å². The largest absolute Gasteiger partial charge is 0.497 e. The van der Waals surface area contributed by atoms with Gasteiger partial charge in [-0.15, -0.1) is 20.4 Å². The van der Waals surface area contributed by atoms with Crippen LogP contribution in [0.5, 0.6) is 5.75 Å². The lowest BCUT2D eigenvalue weighted by molar-refractivity contribution is 0.415. The summed E-state index contributed by atoms with van der Waals surface area (Å²) >= 11 is 7.75. The fraction of sp³-hybridized carbons (Fsp3) is 0.273. The molecule has 0 radical (unpaired) electrons. The molecular formula is C22H22ClN5O2S. The van der Waals surface area contributed by atoms with E-state index in [1.807, 2.05) is 42.5 Å². The van der Waals surface area contributed by atoms with Gasteiger partial charge in [0.2, 0.25) is 11.8 Å². The number of nitrogens with zero attached hydrogens (tertiary/aromatic N) is 5. The van der Waals surface area contributed by atoms with Gasteiger partial charge in [0, 0.05) is 12.1 Å². The predicted molar refractivity (Wildman–Crippen MR) is 121 cm³/mol. The summed E-state index contributed by atoms with van der Waals surface area (Å²) in [5, 5.41) is 18.5. The predicted octanol–water partition coefficient (Wildman–Crippen LogP) is 5.75. The second-order valence-corrected chi connectivity index (χ2v) is 8.16. The van der Waals surface area contributed by atoms with Crippen LogP contribution in [0.1, 0.15) is 25.7 Å². The third kappa shape index (κ3) is 4.91. The third-order valence-corrected chi connectivity index (χ3v) is 5.98. The number of thioether (sulfide) groups is 1. The van der Waals surface area contributed by atoms with Crippen LogP contribution in [0.2, 0.25) is 5.02 Å². The first-order valence-electron chi connectivity index (χ1n) is 9.97. The molecule has 2 aromatic heterocycles. The molecule has 0 bridgehead atoms. The number of methoxy groups -OCH3 is 1. The summed E-state index contributed by atoms with van der Waals surface area (Å²) < 4.78 is 13.2. The number of hydrogen-bond donors (Lipinski definition) is 0. The van der Waals surface area contributed by atoms with Crippen LogP contribution < -0.4 is 4.74 Å². The first-order valence-corrected chi connectivity index (χ1v) is 11.3. The Morgan fingerprint density at radius 3 is 2.58 bits per heavy atom. The molecule has 2 aromatic carbocycles. The van der Waals surface area contributed by atoms with Crippen molar-refractivity contribution in [2.24, 2.45) is 0 Å². The molecule has 0 fully saturated rings. The standard InChI is InChI=1S/C22H22ClN5O2S/c1-3-4-13-28-20(15-9-11-16(29-2)12-10-15)25-27-22(28)31-14-19-24-26-21(30-19)17-7-5-6-8-18(17)23/h5-12H,3-4,13-14H2,1-2H3. The van der Waals surface area contributed by atoms with E-state index < -0.39 is 0 Å². The van der Waals surface area contributed by atoms with Gasteiger partial charge < -0.3 is 13.7 Å². The smallest absolute Gasteiger partial charge is 0.249 e. The van der Waals surface area contributed by atoms with Crippen molar-refractivity contribution in [3.63, 3.8) is 0 Å². The fourth-order valence-electron chi connectivity index (χ4n) is 3.05. The lowest BCUT2D eigenvalue weighted by Crippen LogP contribution is -2.02. The molecule has 0 saturated carbocycles. The molecule has 31 heavy (non-hydrogen) atoms. The van der Waals surface area contributed by atoms with Gasteiger partial charge in [-0.1, -0.05) is 48.8 Å². The molecule has 7 nitrogen and oxygen atoms in total. The summed E-state index contributed by atoms with van der Waals surface area (Å²) in [6.07, 6.45) is 2.11. The van der Waals surface area contributed by atoms with Crippen molar-refractivity contribution in [2.75, 3.05) is 7.11 Å². The summed E-state index contributed by atoms with van der Waals surface area (Å²) in [5.74, 6) is 3.05. The van der Waals surface area contributed by atoms with Crippen LogP contribution in [0.3, 0.4) is 0 Å². The van der Waals surface area contributed by atoms with Gasteiger partial charge >= 0.3 is 0 Å². The molecule has 160 valence electrons. The van der Waals surface area contributed by atoms with Crippen molar-refractivity contribution in [1.29, 1.82) is 0 Å². The van der Waals surface area contributed by atoms with Crippen LogP contribution in [0.15, 0.2) is 58.1 Å². The van der Waals surface area contributed by atoms with Crippen LogP contribution in [-0.4, -0.2) is 32.1 Å². The number of ether oxygens (including phenoxy) is 1. The van der Waals surface area contributed by atoms with Gasteiger partial charge in [0.15, 0.2) is 11.0 Å². The summed E-state index contributed by atoms with van der Waals surface area (Å²) in [5.41, 5.74) is 1.72. The Balaban J connectivity index is 1.53. The highest BCUT2D eigenvalue weighted by Crippen LogP contribution is 2.30. The maximum atomic E-state index is 6.23. The van der Waals surface area contributed by atoms with Crippen LogP contribution in [0, 0.1) is 0 Å². The summed E-state index contributed by atoms with van der Waals surface area (Å²) in [4.78, 5) is 0. The minimum Gasteiger partial charge on any atom is -0.497 e. The van der Waals surface area contributed by atoms with E-state index in [0.717, 1.165) is 47.2 Å². The highest BCUT2D eigenvalue weighted by molar-refractivity contribution is 7.98. The Hall–Kier alpha value is -2.84. The van der Waals surface area contributed by atoms with E-state index in [1.165, 1.54) is 11.8 Å². The highest BCUT2D eigenvalue weighted by atomic mass is 35.5. The molecule has 2 heterocycles. The molecule has 9 heteroatoms. The van der Waals surface area contributed by atoms with E-state index in [9.17, 15) is 0 Å². The molecule has 0 aliphatic rings. The summed E-state index contributed by atoms with van der Waals surface area (Å²) in [6, 6.07) is 15.2. The normalized spacial score (nSPS) is 11.1. The average Bonchev–Trinajstić information content (AvgIpc) is 3.43. The molecule has 0 spiro atoms. The molecular weight excluding hydrogens is 434 g/mol. The van der Waals surface area contributed by atoms with Gasteiger partial charge in [-0.2, -0.15) is 0 Å². The van der Waals surface area contributed by atoms with E-state index in [2.05, 4.69) is 31.9 Å². The summed E-state index contributed by atoms with van der Waals surface area (Å²) in [7, 11) is 1.65. The number of aromatic nitrogens is 5. The minimum atomic E-state index is 0.410. The maximum absolute atomic E-state index is 6.23. The molecule has 0 N–H and O–H groups in total. The van der Waals surface area contributed by atoms with Crippen molar-refractivity contribution in [2.45, 2.75) is 37.2 Å². The van der Waals surface area contributed by atoms with Gasteiger partial charge in [0.25, 0.3) is 0 Å². The second kappa shape index (κ2) is 9.98. The molecule has 0 aliphatic carbocycles. The Labute approximate surface area is 189 Å². The van der Waals surface area contributed by atoms with E-state index >= 15 is 0 Å². The van der Waals surface area contributed by atoms with Crippen molar-refractivity contribution >= 4 is 23.4 Å². The number of rotatable bonds is 9. The lowest BCUT2D eigenvalue weighted by Gasteiger charge is -2.09. The van der Waals surface area contributed by atoms with Crippen molar-refractivity contribution < 1.29 is 9.15 Å². The van der Waals surface area contributed by atoms with E-state index in [-0.39, 0.29) is 0 Å². The van der Waals surface area contributed by atoms with Crippen LogP contribution >= 0.6 is 23.4 Å². The van der Waals surface area contributed by atoms with E-state index in [1.54, 1.807) is 13.2 Å². The zero-order valence-corrected chi connectivity index (χ0v) is 18.9. The Kier molecular flexibility index (Phi) is 6.89. The van der Waals surface area contributed by atoms with Gasteiger partial charge in [0.05, 0.1) is 23.4 Å². The van der Waals surface area contributed by atoms with Gasteiger partial charge in [-0.3, -0.25) is 0 Å². The van der Waals surface area contributed by atoms with Crippen LogP contribution in [0.4, 0.5) is 0 Å². The SMILES string of the molecule is CCCCn1c(SCc2nnc(-c3ccccc3Cl)o2)nnc1-c1ccc(OC)cc1. The van der Waals surface area contributed by atoms with Gasteiger partial charge in [-0.25, -0.2) is 0 Å². The fourth-order valence-corrected chi connectivity index (χ4v) is 4.07. The monoisotopic (exact) mass is 455 g/mol. The number of unbranched alkanes of at least 4 members (excludes halogenated alkanes) is 1. The Morgan fingerprint density at radius 2 is 1.84 bits per heavy atom. The minimum absolute atomic E-state index is 0.410. The summed E-state index contributed by atoms with van der Waals surface area (Å²) in [6.45, 7) is 3.00. The quantitative estimate of drug-likeness (QED) is 0.297. The molecule has 0 saturated heterocycles. The zero-order chi connectivity index (χ0) is 21.6. The molecule has 0 aliphatic heterocycles. The van der Waals surface area contributed by atoms with Crippen molar-refractivity contribution in [3.8, 4) is 28.6 Å². The van der Waals surface area contributed by atoms with E-state index in [4.69, 9.17) is 20.8 Å². The molecule has 0 amide bonds. The lowest BCUT2D eigenvalue weighted by atomic mass is 10.2. The second-order valence-electron chi connectivity index (χ2n) is 6.81. The molecule has 4 rings (SSSR count). The van der Waals surface area contributed by atoms with Crippen LogP contribution in [-0.2, 0) is 12.3 Å². The Bertz CT molecular complexity index is 1140. The Morgan fingerprint density at radius 1 is 1.03 bits per heavy atom. The first kappa shape index (κ1) is 21.4. The average molecular weight is 456 g/mol. The van der Waals surface area contributed by atoms with Crippen molar-refractivity contribution in [1.82, 2.24) is 25.0 Å². The molecule has 0 atom stereocenters. The first-order chi connectivity index (χ1) is 15.2. The maximum Gasteiger partial charge on any atom is 0.249 e. The number of halogens is 1. The molecule has 4 aromatic rings. The third-order valence-electron chi connectivity index (χ3n) is 4.70.